The van der Waals surface area contributed by atoms with Crippen molar-refractivity contribution in [1.82, 2.24) is 20.2 Å². The van der Waals surface area contributed by atoms with Crippen LogP contribution in [0.25, 0.3) is 11.1 Å². The zero-order valence-electron chi connectivity index (χ0n) is 16.3. The molecule has 8 nitrogen and oxygen atoms in total. The molecule has 0 bridgehead atoms. The first kappa shape index (κ1) is 19.5. The number of aromatic nitrogens is 4. The molecule has 0 atom stereocenters. The van der Waals surface area contributed by atoms with E-state index in [1.807, 2.05) is 31.2 Å². The predicted molar refractivity (Wildman–Crippen MR) is 110 cm³/mol. The van der Waals surface area contributed by atoms with Crippen molar-refractivity contribution in [3.8, 4) is 11.1 Å². The molecule has 2 aromatic heterocycles. The van der Waals surface area contributed by atoms with E-state index in [2.05, 4.69) is 32.6 Å². The summed E-state index contributed by atoms with van der Waals surface area (Å²) >= 11 is 1.46. The number of esters is 1. The highest BCUT2D eigenvalue weighted by Gasteiger charge is 2.23. The Kier molecular flexibility index (Phi) is 6.16. The molecule has 1 aliphatic rings. The largest absolute Gasteiger partial charge is 0.453 e. The lowest BCUT2D eigenvalue weighted by Crippen LogP contribution is -2.35. The number of morpholine rings is 1. The standard InChI is InChI=1S/C20H23N5O3S/c1-2-8-25-18(21-22-23-25)14-28-20(26)17-13-16(15-6-4-3-5-7-15)19(29-17)24-9-11-27-12-10-24/h3-7,13H,2,8-12,14H2,1H3. The molecular formula is C20H23N5O3S. The molecule has 152 valence electrons. The van der Waals surface area contributed by atoms with Crippen LogP contribution in [-0.2, 0) is 22.6 Å². The van der Waals surface area contributed by atoms with Gasteiger partial charge in [-0.15, -0.1) is 16.4 Å². The van der Waals surface area contributed by atoms with Gasteiger partial charge in [-0.05, 0) is 28.5 Å². The van der Waals surface area contributed by atoms with Crippen molar-refractivity contribution >= 4 is 22.3 Å². The smallest absolute Gasteiger partial charge is 0.348 e. The first-order valence-corrected chi connectivity index (χ1v) is 10.5. The fraction of sp³-hybridized carbons (Fsp3) is 0.400. The lowest BCUT2D eigenvalue weighted by Gasteiger charge is -2.28. The Morgan fingerprint density at radius 2 is 2.03 bits per heavy atom. The van der Waals surface area contributed by atoms with E-state index >= 15 is 0 Å². The Morgan fingerprint density at radius 3 is 2.79 bits per heavy atom. The maximum absolute atomic E-state index is 12.8. The average molecular weight is 414 g/mol. The highest BCUT2D eigenvalue weighted by atomic mass is 32.1. The number of aryl methyl sites for hydroxylation is 1. The van der Waals surface area contributed by atoms with Gasteiger partial charge in [0.1, 0.15) is 4.88 Å². The first-order valence-electron chi connectivity index (χ1n) is 9.70. The van der Waals surface area contributed by atoms with Crippen molar-refractivity contribution in [2.75, 3.05) is 31.2 Å². The summed E-state index contributed by atoms with van der Waals surface area (Å²) in [5.41, 5.74) is 2.12. The van der Waals surface area contributed by atoms with E-state index in [1.54, 1.807) is 4.68 Å². The van der Waals surface area contributed by atoms with E-state index in [1.165, 1.54) is 11.3 Å². The zero-order chi connectivity index (χ0) is 20.1. The predicted octanol–water partition coefficient (Wildman–Crippen LogP) is 3.01. The molecule has 1 fully saturated rings. The van der Waals surface area contributed by atoms with E-state index in [0.29, 0.717) is 30.5 Å². The van der Waals surface area contributed by atoms with Crippen LogP contribution in [0.3, 0.4) is 0 Å². The number of thiophene rings is 1. The number of anilines is 1. The number of benzene rings is 1. The van der Waals surface area contributed by atoms with Crippen molar-refractivity contribution in [3.63, 3.8) is 0 Å². The van der Waals surface area contributed by atoms with Crippen LogP contribution in [0.2, 0.25) is 0 Å². The SMILES string of the molecule is CCCn1nnnc1COC(=O)c1cc(-c2ccccc2)c(N2CCOCC2)s1. The van der Waals surface area contributed by atoms with E-state index in [-0.39, 0.29) is 12.6 Å². The number of carbonyl (C=O) groups is 1. The Labute approximate surface area is 173 Å². The van der Waals surface area contributed by atoms with Gasteiger partial charge in [0, 0.05) is 25.2 Å². The summed E-state index contributed by atoms with van der Waals surface area (Å²) in [6, 6.07) is 12.0. The second-order valence-corrected chi connectivity index (χ2v) is 7.72. The third kappa shape index (κ3) is 4.46. The van der Waals surface area contributed by atoms with Gasteiger partial charge in [-0.3, -0.25) is 0 Å². The van der Waals surface area contributed by atoms with Crippen molar-refractivity contribution in [3.05, 3.63) is 47.1 Å². The lowest BCUT2D eigenvalue weighted by atomic mass is 10.1. The van der Waals surface area contributed by atoms with Gasteiger partial charge in [-0.2, -0.15) is 0 Å². The third-order valence-corrected chi connectivity index (χ3v) is 5.85. The van der Waals surface area contributed by atoms with Gasteiger partial charge in [0.15, 0.2) is 12.4 Å². The highest BCUT2D eigenvalue weighted by Crippen LogP contribution is 2.39. The third-order valence-electron chi connectivity index (χ3n) is 4.67. The Bertz CT molecular complexity index is 950. The topological polar surface area (TPSA) is 82.4 Å². The van der Waals surface area contributed by atoms with Crippen LogP contribution in [0.15, 0.2) is 36.4 Å². The fourth-order valence-electron chi connectivity index (χ4n) is 3.22. The number of nitrogens with zero attached hydrogens (tertiary/aromatic N) is 5. The van der Waals surface area contributed by atoms with Crippen LogP contribution in [-0.4, -0.2) is 52.5 Å². The summed E-state index contributed by atoms with van der Waals surface area (Å²) in [6.45, 7) is 5.77. The number of hydrogen-bond acceptors (Lipinski definition) is 8. The van der Waals surface area contributed by atoms with E-state index in [4.69, 9.17) is 9.47 Å². The Balaban J connectivity index is 1.56. The number of carbonyl (C=O) groups excluding carboxylic acids is 1. The van der Waals surface area contributed by atoms with Gasteiger partial charge in [0.05, 0.1) is 18.2 Å². The fourth-order valence-corrected chi connectivity index (χ4v) is 4.35. The summed E-state index contributed by atoms with van der Waals surface area (Å²) < 4.78 is 12.7. The maximum Gasteiger partial charge on any atom is 0.348 e. The van der Waals surface area contributed by atoms with Crippen molar-refractivity contribution in [2.24, 2.45) is 0 Å². The van der Waals surface area contributed by atoms with Crippen molar-refractivity contribution < 1.29 is 14.3 Å². The normalized spacial score (nSPS) is 14.2. The second-order valence-electron chi connectivity index (χ2n) is 6.69. The van der Waals surface area contributed by atoms with E-state index in [0.717, 1.165) is 35.6 Å². The van der Waals surface area contributed by atoms with Gasteiger partial charge >= 0.3 is 5.97 Å². The molecular weight excluding hydrogens is 390 g/mol. The van der Waals surface area contributed by atoms with E-state index < -0.39 is 0 Å². The molecule has 1 aromatic carbocycles. The molecule has 0 saturated carbocycles. The molecule has 3 heterocycles. The Morgan fingerprint density at radius 1 is 1.24 bits per heavy atom. The molecule has 0 spiro atoms. The zero-order valence-corrected chi connectivity index (χ0v) is 17.1. The van der Waals surface area contributed by atoms with Gasteiger partial charge in [-0.1, -0.05) is 37.3 Å². The monoisotopic (exact) mass is 413 g/mol. The maximum atomic E-state index is 12.8. The minimum Gasteiger partial charge on any atom is -0.453 e. The van der Waals surface area contributed by atoms with Crippen molar-refractivity contribution in [1.29, 1.82) is 0 Å². The quantitative estimate of drug-likeness (QED) is 0.551. The minimum absolute atomic E-state index is 0.0529. The number of rotatable bonds is 7. The van der Waals surface area contributed by atoms with Crippen molar-refractivity contribution in [2.45, 2.75) is 26.5 Å². The van der Waals surface area contributed by atoms with Crippen LogP contribution in [0.5, 0.6) is 0 Å². The first-order chi connectivity index (χ1) is 14.3. The number of ether oxygens (including phenoxy) is 2. The van der Waals surface area contributed by atoms with Gasteiger partial charge in [-0.25, -0.2) is 9.48 Å². The van der Waals surface area contributed by atoms with Gasteiger partial charge in [0.25, 0.3) is 0 Å². The molecule has 0 radical (unpaired) electrons. The summed E-state index contributed by atoms with van der Waals surface area (Å²) in [7, 11) is 0. The van der Waals surface area contributed by atoms with Crippen LogP contribution < -0.4 is 4.90 Å². The molecule has 0 amide bonds. The van der Waals surface area contributed by atoms with Gasteiger partial charge < -0.3 is 14.4 Å². The van der Waals surface area contributed by atoms with Gasteiger partial charge in [0.2, 0.25) is 0 Å². The molecule has 1 saturated heterocycles. The van der Waals surface area contributed by atoms with Crippen LogP contribution in [0, 0.1) is 0 Å². The molecule has 4 rings (SSSR count). The molecule has 0 N–H and O–H groups in total. The average Bonchev–Trinajstić information content (AvgIpc) is 3.41. The minimum atomic E-state index is -0.363. The molecule has 9 heteroatoms. The van der Waals surface area contributed by atoms with E-state index in [9.17, 15) is 4.79 Å². The second kappa shape index (κ2) is 9.15. The summed E-state index contributed by atoms with van der Waals surface area (Å²) in [6.07, 6.45) is 0.903. The van der Waals surface area contributed by atoms with Crippen LogP contribution in [0.1, 0.15) is 28.8 Å². The Hall–Kier alpha value is -2.78. The number of hydrogen-bond donors (Lipinski definition) is 0. The summed E-state index contributed by atoms with van der Waals surface area (Å²) in [4.78, 5) is 15.6. The highest BCUT2D eigenvalue weighted by molar-refractivity contribution is 7.18. The molecule has 29 heavy (non-hydrogen) atoms. The van der Waals surface area contributed by atoms with Crippen LogP contribution in [0.4, 0.5) is 5.00 Å². The number of tetrazole rings is 1. The summed E-state index contributed by atoms with van der Waals surface area (Å²) in [5, 5.41) is 12.6. The molecule has 0 unspecified atom stereocenters. The van der Waals surface area contributed by atoms with Crippen LogP contribution >= 0.6 is 11.3 Å². The molecule has 0 aliphatic carbocycles. The molecule has 3 aromatic rings. The molecule has 1 aliphatic heterocycles. The lowest BCUT2D eigenvalue weighted by molar-refractivity contribution is 0.0462. The summed E-state index contributed by atoms with van der Waals surface area (Å²) in [5.74, 6) is 0.186.